The van der Waals surface area contributed by atoms with Crippen molar-refractivity contribution in [3.05, 3.63) is 0 Å². The van der Waals surface area contributed by atoms with E-state index in [1.165, 1.54) is 0 Å². The number of nitrogens with zero attached hydrogens (tertiary/aromatic N) is 2. The summed E-state index contributed by atoms with van der Waals surface area (Å²) in [6, 6.07) is 2.65. The van der Waals surface area contributed by atoms with Gasteiger partial charge in [-0.05, 0) is 34.6 Å². The summed E-state index contributed by atoms with van der Waals surface area (Å²) >= 11 is 0. The minimum atomic E-state index is -0.344. The maximum absolute atomic E-state index is 5.92. The van der Waals surface area contributed by atoms with E-state index in [1.54, 1.807) is 0 Å². The Kier molecular flexibility index (Phi) is 3.62. The lowest BCUT2D eigenvalue weighted by Gasteiger charge is -2.33. The lowest BCUT2D eigenvalue weighted by atomic mass is 9.84. The van der Waals surface area contributed by atoms with Crippen LogP contribution in [0.2, 0.25) is 0 Å². The zero-order chi connectivity index (χ0) is 9.83. The van der Waals surface area contributed by atoms with Crippen molar-refractivity contribution in [2.45, 2.75) is 45.7 Å². The molecule has 0 aliphatic rings. The molecule has 3 nitrogen and oxygen atoms in total. The second kappa shape index (κ2) is 3.83. The van der Waals surface area contributed by atoms with E-state index in [0.717, 1.165) is 0 Å². The van der Waals surface area contributed by atoms with Crippen LogP contribution in [0.5, 0.6) is 0 Å². The lowest BCUT2D eigenvalue weighted by molar-refractivity contribution is 0.313. The molecule has 0 saturated heterocycles. The molecule has 0 atom stereocenters. The van der Waals surface area contributed by atoms with Crippen molar-refractivity contribution in [1.82, 2.24) is 0 Å². The van der Waals surface area contributed by atoms with Gasteiger partial charge in [-0.1, -0.05) is 0 Å². The summed E-state index contributed by atoms with van der Waals surface area (Å²) in [6.45, 7) is 10.5. The Morgan fingerprint density at radius 1 is 1.25 bits per heavy atom. The lowest BCUT2D eigenvalue weighted by Crippen LogP contribution is -2.51. The molecule has 0 aliphatic heterocycles. The first-order valence-electron chi connectivity index (χ1n) is 4.23. The molecular weight excluding hydrogens is 150 g/mol. The van der Waals surface area contributed by atoms with E-state index in [2.05, 4.69) is 16.0 Å². The third kappa shape index (κ3) is 3.16. The van der Waals surface area contributed by atoms with Gasteiger partial charge in [-0.2, -0.15) is 0 Å². The zero-order valence-electron chi connectivity index (χ0n) is 8.68. The highest BCUT2D eigenvalue weighted by Gasteiger charge is 2.32. The van der Waals surface area contributed by atoms with Crippen LogP contribution >= 0.6 is 0 Å². The van der Waals surface area contributed by atoms with Crippen molar-refractivity contribution in [1.29, 1.82) is 0 Å². The van der Waals surface area contributed by atoms with Gasteiger partial charge < -0.3 is 5.73 Å². The van der Waals surface area contributed by atoms with E-state index in [0.29, 0.717) is 6.54 Å². The molecule has 0 spiro atoms. The van der Waals surface area contributed by atoms with Gasteiger partial charge in [0.25, 0.3) is 0 Å². The topological polar surface area (TPSA) is 50.7 Å². The van der Waals surface area contributed by atoms with Crippen LogP contribution in [-0.2, 0) is 0 Å². The van der Waals surface area contributed by atoms with Gasteiger partial charge in [-0.15, -0.1) is 0 Å². The van der Waals surface area contributed by atoms with Crippen molar-refractivity contribution in [2.75, 3.05) is 6.54 Å². The monoisotopic (exact) mass is 169 g/mol. The van der Waals surface area contributed by atoms with Crippen LogP contribution in [0.4, 0.5) is 0 Å². The first-order chi connectivity index (χ1) is 5.31. The molecule has 0 fully saturated rings. The van der Waals surface area contributed by atoms with Gasteiger partial charge in [0.05, 0.1) is 11.5 Å². The highest BCUT2D eigenvalue weighted by Crippen LogP contribution is 2.21. The number of hydrogen-bond acceptors (Lipinski definition) is 3. The number of rotatable bonds is 3. The van der Waals surface area contributed by atoms with Crippen LogP contribution in [0.3, 0.4) is 0 Å². The number of hydrogen-bond donors (Lipinski definition) is 1. The maximum atomic E-state index is 5.92. The average Bonchev–Trinajstić information content (AvgIpc) is 1.85. The summed E-state index contributed by atoms with van der Waals surface area (Å²) in [4.78, 5) is 8.07. The molecule has 0 unspecified atom stereocenters. The Balaban J connectivity index is 4.54. The Hall–Kier alpha value is -0.660. The predicted molar refractivity (Wildman–Crippen MR) is 52.7 cm³/mol. The third-order valence-corrected chi connectivity index (χ3v) is 2.14. The molecule has 0 radical (unpaired) electrons. The molecular formula is C9H19N3. The van der Waals surface area contributed by atoms with Crippen LogP contribution in [-0.4, -0.2) is 23.6 Å². The highest BCUT2D eigenvalue weighted by molar-refractivity contribution is 5.42. The van der Waals surface area contributed by atoms with Crippen LogP contribution < -0.4 is 5.73 Å². The molecule has 12 heavy (non-hydrogen) atoms. The summed E-state index contributed by atoms with van der Waals surface area (Å²) in [5.74, 6) is 0. The molecule has 0 aromatic heterocycles. The summed E-state index contributed by atoms with van der Waals surface area (Å²) in [6.07, 6.45) is 0. The maximum Gasteiger partial charge on any atom is 0.0898 e. The standard InChI is InChI=1S/C9H19N3/c1-6-11-7-12-9(4,5)8(2,3)10/h6,10H2,1-5H3. The van der Waals surface area contributed by atoms with E-state index >= 15 is 0 Å². The molecule has 3 heteroatoms. The first kappa shape index (κ1) is 11.3. The molecule has 0 heterocycles. The van der Waals surface area contributed by atoms with E-state index < -0.39 is 0 Å². The third-order valence-electron chi connectivity index (χ3n) is 2.14. The second-order valence-corrected chi connectivity index (χ2v) is 3.97. The van der Waals surface area contributed by atoms with Crippen LogP contribution in [0, 0.1) is 0 Å². The zero-order valence-corrected chi connectivity index (χ0v) is 8.68. The first-order valence-corrected chi connectivity index (χ1v) is 4.23. The molecule has 0 amide bonds. The average molecular weight is 169 g/mol. The normalized spacial score (nSPS) is 12.2. The fourth-order valence-electron chi connectivity index (χ4n) is 0.375. The molecule has 70 valence electrons. The summed E-state index contributed by atoms with van der Waals surface area (Å²) in [5, 5.41) is 0. The summed E-state index contributed by atoms with van der Waals surface area (Å²) in [5.41, 5.74) is 5.26. The molecule has 0 saturated carbocycles. The van der Waals surface area contributed by atoms with E-state index in [1.807, 2.05) is 34.6 Å². The van der Waals surface area contributed by atoms with E-state index in [4.69, 9.17) is 5.73 Å². The van der Waals surface area contributed by atoms with Crippen molar-refractivity contribution in [2.24, 2.45) is 15.7 Å². The molecule has 0 aromatic rings. The van der Waals surface area contributed by atoms with Crippen molar-refractivity contribution >= 4 is 6.01 Å². The Morgan fingerprint density at radius 3 is 2.08 bits per heavy atom. The molecule has 2 N–H and O–H groups in total. The summed E-state index contributed by atoms with van der Waals surface area (Å²) in [7, 11) is 0. The van der Waals surface area contributed by atoms with Crippen LogP contribution in [0.15, 0.2) is 9.98 Å². The van der Waals surface area contributed by atoms with E-state index in [-0.39, 0.29) is 11.1 Å². The Bertz CT molecular complexity index is 192. The van der Waals surface area contributed by atoms with Gasteiger partial charge in [0.1, 0.15) is 0 Å². The SMILES string of the molecule is CCN=C=NC(C)(C)C(C)(C)N. The van der Waals surface area contributed by atoms with E-state index in [9.17, 15) is 0 Å². The van der Waals surface area contributed by atoms with Gasteiger partial charge in [0.2, 0.25) is 0 Å². The second-order valence-electron chi connectivity index (χ2n) is 3.97. The number of nitrogens with two attached hydrogens (primary N) is 1. The fraction of sp³-hybridized carbons (Fsp3) is 0.889. The van der Waals surface area contributed by atoms with Crippen LogP contribution in [0.25, 0.3) is 0 Å². The number of aliphatic imine (C=N–C) groups is 2. The Morgan fingerprint density at radius 2 is 1.75 bits per heavy atom. The van der Waals surface area contributed by atoms with Gasteiger partial charge in [-0.25, -0.2) is 9.98 Å². The van der Waals surface area contributed by atoms with Gasteiger partial charge in [0.15, 0.2) is 0 Å². The van der Waals surface area contributed by atoms with Gasteiger partial charge in [0, 0.05) is 12.1 Å². The minimum absolute atomic E-state index is 0.314. The van der Waals surface area contributed by atoms with Crippen molar-refractivity contribution < 1.29 is 0 Å². The van der Waals surface area contributed by atoms with Crippen molar-refractivity contribution in [3.63, 3.8) is 0 Å². The summed E-state index contributed by atoms with van der Waals surface area (Å²) < 4.78 is 0. The van der Waals surface area contributed by atoms with Gasteiger partial charge >= 0.3 is 0 Å². The quantitative estimate of drug-likeness (QED) is 0.642. The fourth-order valence-corrected chi connectivity index (χ4v) is 0.375. The van der Waals surface area contributed by atoms with Crippen molar-refractivity contribution in [3.8, 4) is 0 Å². The largest absolute Gasteiger partial charge is 0.324 e. The molecule has 0 aliphatic carbocycles. The highest BCUT2D eigenvalue weighted by atomic mass is 15.0. The smallest absolute Gasteiger partial charge is 0.0898 e. The minimum Gasteiger partial charge on any atom is -0.324 e. The molecule has 0 aromatic carbocycles. The predicted octanol–water partition coefficient (Wildman–Crippen LogP) is 1.70. The molecule has 0 rings (SSSR count). The van der Waals surface area contributed by atoms with Gasteiger partial charge in [-0.3, -0.25) is 0 Å². The Labute approximate surface area is 74.8 Å². The molecule has 0 bridgehead atoms. The van der Waals surface area contributed by atoms with Crippen LogP contribution in [0.1, 0.15) is 34.6 Å².